The van der Waals surface area contributed by atoms with Crippen LogP contribution in [-0.4, -0.2) is 25.1 Å². The summed E-state index contributed by atoms with van der Waals surface area (Å²) in [6, 6.07) is 10.6. The van der Waals surface area contributed by atoms with Gasteiger partial charge in [-0.15, -0.1) is 0 Å². The van der Waals surface area contributed by atoms with Gasteiger partial charge in [-0.25, -0.2) is 0 Å². The quantitative estimate of drug-likeness (QED) is 0.837. The van der Waals surface area contributed by atoms with Crippen LogP contribution in [0.4, 0.5) is 0 Å². The predicted octanol–water partition coefficient (Wildman–Crippen LogP) is 3.60. The molecule has 0 spiro atoms. The first-order chi connectivity index (χ1) is 10.1. The molecule has 0 aromatic heterocycles. The molecule has 0 aliphatic rings. The number of carbonyl (C=O) groups is 1. The first-order valence-corrected chi connectivity index (χ1v) is 7.07. The molecule has 2 aromatic rings. The highest BCUT2D eigenvalue weighted by atomic mass is 79.9. The fourth-order valence-corrected chi connectivity index (χ4v) is 2.28. The highest BCUT2D eigenvalue weighted by molar-refractivity contribution is 9.10. The van der Waals surface area contributed by atoms with Gasteiger partial charge >= 0.3 is 0 Å². The number of rotatable bonds is 5. The van der Waals surface area contributed by atoms with Crippen molar-refractivity contribution < 1.29 is 19.4 Å². The molecule has 0 bridgehead atoms. The minimum absolute atomic E-state index is 0.166. The normalized spacial score (nSPS) is 10.2. The van der Waals surface area contributed by atoms with Gasteiger partial charge in [0.1, 0.15) is 0 Å². The van der Waals surface area contributed by atoms with Gasteiger partial charge in [0, 0.05) is 10.9 Å². The van der Waals surface area contributed by atoms with Gasteiger partial charge in [0.2, 0.25) is 5.75 Å². The summed E-state index contributed by atoms with van der Waals surface area (Å²) in [5.74, 6) is 0.170. The third-order valence-corrected chi connectivity index (χ3v) is 3.63. The van der Waals surface area contributed by atoms with E-state index in [-0.39, 0.29) is 29.3 Å². The number of Topliss-reactive ketones (excluding diaryl/α,β-unsaturated/α-hetero) is 1. The second-order valence-electron chi connectivity index (χ2n) is 4.42. The largest absolute Gasteiger partial charge is 0.504 e. The molecule has 0 fully saturated rings. The lowest BCUT2D eigenvalue weighted by Gasteiger charge is -2.12. The number of phenolic OH excluding ortho intramolecular Hbond substituents is 1. The van der Waals surface area contributed by atoms with Crippen LogP contribution in [0.3, 0.4) is 0 Å². The molecule has 2 aromatic carbocycles. The summed E-state index contributed by atoms with van der Waals surface area (Å²) in [6.45, 7) is 0. The molecule has 0 saturated heterocycles. The third kappa shape index (κ3) is 3.36. The number of hydrogen-bond donors (Lipinski definition) is 1. The van der Waals surface area contributed by atoms with Gasteiger partial charge in [0.05, 0.1) is 19.8 Å². The van der Waals surface area contributed by atoms with E-state index in [0.717, 1.165) is 10.0 Å². The minimum Gasteiger partial charge on any atom is -0.504 e. The van der Waals surface area contributed by atoms with Crippen LogP contribution in [-0.2, 0) is 6.42 Å². The third-order valence-electron chi connectivity index (χ3n) is 3.10. The van der Waals surface area contributed by atoms with Crippen LogP contribution < -0.4 is 9.47 Å². The summed E-state index contributed by atoms with van der Waals surface area (Å²) in [5, 5.41) is 10.2. The van der Waals surface area contributed by atoms with E-state index in [1.54, 1.807) is 6.07 Å². The average Bonchev–Trinajstić information content (AvgIpc) is 2.49. The highest BCUT2D eigenvalue weighted by Gasteiger charge is 2.19. The zero-order chi connectivity index (χ0) is 15.4. The maximum atomic E-state index is 12.3. The minimum atomic E-state index is -0.195. The van der Waals surface area contributed by atoms with Gasteiger partial charge in [-0.1, -0.05) is 28.1 Å². The van der Waals surface area contributed by atoms with Crippen LogP contribution in [0.2, 0.25) is 0 Å². The van der Waals surface area contributed by atoms with Gasteiger partial charge < -0.3 is 14.6 Å². The Bertz CT molecular complexity index is 650. The zero-order valence-electron chi connectivity index (χ0n) is 11.7. The Morgan fingerprint density at radius 2 is 1.76 bits per heavy atom. The number of aromatic hydroxyl groups is 1. The van der Waals surface area contributed by atoms with Crippen molar-refractivity contribution >= 4 is 21.7 Å². The molecule has 0 amide bonds. The fourth-order valence-electron chi connectivity index (χ4n) is 2.02. The van der Waals surface area contributed by atoms with E-state index in [4.69, 9.17) is 9.47 Å². The maximum absolute atomic E-state index is 12.3. The van der Waals surface area contributed by atoms with E-state index in [0.29, 0.717) is 5.75 Å². The van der Waals surface area contributed by atoms with Crippen molar-refractivity contribution in [2.45, 2.75) is 6.42 Å². The lowest BCUT2D eigenvalue weighted by molar-refractivity contribution is 0.0989. The van der Waals surface area contributed by atoms with Gasteiger partial charge in [0.25, 0.3) is 0 Å². The second-order valence-corrected chi connectivity index (χ2v) is 5.34. The Hall–Kier alpha value is -2.01. The molecule has 0 saturated carbocycles. The molecule has 0 radical (unpaired) electrons. The standard InChI is InChI=1S/C16H15BrO4/c1-20-14-8-7-12(15(19)16(14)21-2)13(18)9-10-3-5-11(17)6-4-10/h3-8,19H,9H2,1-2H3. The molecule has 0 aliphatic heterocycles. The van der Waals surface area contributed by atoms with Crippen molar-refractivity contribution in [3.05, 3.63) is 52.0 Å². The molecule has 0 atom stereocenters. The van der Waals surface area contributed by atoms with Gasteiger partial charge in [0.15, 0.2) is 17.3 Å². The van der Waals surface area contributed by atoms with Gasteiger partial charge in [-0.05, 0) is 29.8 Å². The van der Waals surface area contributed by atoms with Crippen molar-refractivity contribution in [3.8, 4) is 17.2 Å². The molecule has 5 heteroatoms. The molecular formula is C16H15BrO4. The van der Waals surface area contributed by atoms with Gasteiger partial charge in [-0.3, -0.25) is 4.79 Å². The Labute approximate surface area is 131 Å². The molecule has 0 unspecified atom stereocenters. The maximum Gasteiger partial charge on any atom is 0.203 e. The predicted molar refractivity (Wildman–Crippen MR) is 83.4 cm³/mol. The summed E-state index contributed by atoms with van der Waals surface area (Å²) < 4.78 is 11.1. The van der Waals surface area contributed by atoms with Crippen molar-refractivity contribution in [1.82, 2.24) is 0 Å². The topological polar surface area (TPSA) is 55.8 Å². The van der Waals surface area contributed by atoms with Crippen LogP contribution in [0.25, 0.3) is 0 Å². The lowest BCUT2D eigenvalue weighted by atomic mass is 10.0. The summed E-state index contributed by atoms with van der Waals surface area (Å²) in [6.07, 6.45) is 0.205. The molecule has 2 rings (SSSR count). The number of hydrogen-bond acceptors (Lipinski definition) is 4. The van der Waals surface area contributed by atoms with E-state index in [1.807, 2.05) is 24.3 Å². The van der Waals surface area contributed by atoms with Crippen LogP contribution in [0, 0.1) is 0 Å². The SMILES string of the molecule is COc1ccc(C(=O)Cc2ccc(Br)cc2)c(O)c1OC. The van der Waals surface area contributed by atoms with E-state index in [9.17, 15) is 9.90 Å². The zero-order valence-corrected chi connectivity index (χ0v) is 13.3. The molecule has 4 nitrogen and oxygen atoms in total. The molecule has 110 valence electrons. The monoisotopic (exact) mass is 350 g/mol. The van der Waals surface area contributed by atoms with E-state index in [1.165, 1.54) is 20.3 Å². The molecule has 0 heterocycles. The average molecular weight is 351 g/mol. The van der Waals surface area contributed by atoms with E-state index >= 15 is 0 Å². The Balaban J connectivity index is 2.29. The Morgan fingerprint density at radius 1 is 1.10 bits per heavy atom. The smallest absolute Gasteiger partial charge is 0.203 e. The number of carbonyl (C=O) groups excluding carboxylic acids is 1. The van der Waals surface area contributed by atoms with Crippen molar-refractivity contribution in [3.63, 3.8) is 0 Å². The molecule has 1 N–H and O–H groups in total. The van der Waals surface area contributed by atoms with Crippen LogP contribution >= 0.6 is 15.9 Å². The number of benzene rings is 2. The van der Waals surface area contributed by atoms with Gasteiger partial charge in [-0.2, -0.15) is 0 Å². The van der Waals surface area contributed by atoms with E-state index < -0.39 is 0 Å². The summed E-state index contributed by atoms with van der Waals surface area (Å²) in [5.41, 5.74) is 1.09. The van der Waals surface area contributed by atoms with Crippen molar-refractivity contribution in [1.29, 1.82) is 0 Å². The highest BCUT2D eigenvalue weighted by Crippen LogP contribution is 2.39. The van der Waals surface area contributed by atoms with Crippen LogP contribution in [0.5, 0.6) is 17.2 Å². The second kappa shape index (κ2) is 6.63. The summed E-state index contributed by atoms with van der Waals surface area (Å²) in [7, 11) is 2.89. The number of ketones is 1. The van der Waals surface area contributed by atoms with Crippen LogP contribution in [0.1, 0.15) is 15.9 Å². The Morgan fingerprint density at radius 3 is 2.33 bits per heavy atom. The number of phenols is 1. The summed E-state index contributed by atoms with van der Waals surface area (Å²) >= 11 is 3.35. The molecule has 0 aliphatic carbocycles. The number of halogens is 1. The van der Waals surface area contributed by atoms with E-state index in [2.05, 4.69) is 15.9 Å². The first-order valence-electron chi connectivity index (χ1n) is 6.28. The van der Waals surface area contributed by atoms with Crippen molar-refractivity contribution in [2.75, 3.05) is 14.2 Å². The molecule has 21 heavy (non-hydrogen) atoms. The first kappa shape index (κ1) is 15.4. The van der Waals surface area contributed by atoms with Crippen LogP contribution in [0.15, 0.2) is 40.9 Å². The fraction of sp³-hybridized carbons (Fsp3) is 0.188. The Kier molecular flexibility index (Phi) is 4.85. The van der Waals surface area contributed by atoms with Crippen molar-refractivity contribution in [2.24, 2.45) is 0 Å². The number of ether oxygens (including phenoxy) is 2. The lowest BCUT2D eigenvalue weighted by Crippen LogP contribution is -2.05. The molecular weight excluding hydrogens is 336 g/mol. The number of methoxy groups -OCH3 is 2. The summed E-state index contributed by atoms with van der Waals surface area (Å²) in [4.78, 5) is 12.3.